The molecule has 1 aromatic carbocycles. The zero-order chi connectivity index (χ0) is 25.8. The summed E-state index contributed by atoms with van der Waals surface area (Å²) in [6.07, 6.45) is 10.2. The third-order valence-electron chi connectivity index (χ3n) is 7.70. The van der Waals surface area contributed by atoms with Crippen LogP contribution in [0.2, 0.25) is 0 Å². The molecule has 3 aromatic rings. The first-order valence-electron chi connectivity index (χ1n) is 13.3. The number of pyridine rings is 1. The number of nitrogens with one attached hydrogen (secondary N) is 1. The standard InChI is InChI=1S/C28H35N7O2/c1-3-4-9-21-17-35(26-19(2)8-7-12-24(26)28(36)37)18-34(21)16-20-13-14-25(29-15-20)22-10-5-6-11-23(22)27-30-32-33-31-27/h5-6,10-11,13-15,17,19,24,26H,3-4,7-9,12,16,18H2,1-2H3,(H,36,37)(H,30,31,32,33). The van der Waals surface area contributed by atoms with Crippen molar-refractivity contribution in [1.29, 1.82) is 0 Å². The van der Waals surface area contributed by atoms with Gasteiger partial charge in [0.2, 0.25) is 5.82 Å². The van der Waals surface area contributed by atoms with E-state index in [1.807, 2.05) is 36.5 Å². The number of nitrogens with zero attached hydrogens (tertiary/aromatic N) is 6. The van der Waals surface area contributed by atoms with Crippen LogP contribution in [0, 0.1) is 11.8 Å². The zero-order valence-electron chi connectivity index (χ0n) is 21.5. The van der Waals surface area contributed by atoms with Crippen molar-refractivity contribution in [2.24, 2.45) is 11.8 Å². The Bertz CT molecular complexity index is 1230. The molecule has 9 nitrogen and oxygen atoms in total. The van der Waals surface area contributed by atoms with Crippen molar-refractivity contribution in [3.63, 3.8) is 0 Å². The average molecular weight is 502 g/mol. The number of hydrogen-bond donors (Lipinski definition) is 2. The SMILES string of the molecule is CCCCC1=CN(C2C(C)CCCC2C(=O)O)CN1Cc1ccc(-c2ccccc2-c2nn[nH]n2)nc1. The van der Waals surface area contributed by atoms with Crippen LogP contribution in [0.25, 0.3) is 22.6 Å². The zero-order valence-corrected chi connectivity index (χ0v) is 21.5. The molecule has 0 bridgehead atoms. The number of benzene rings is 1. The molecule has 3 atom stereocenters. The maximum absolute atomic E-state index is 12.1. The number of H-pyrrole nitrogens is 1. The molecule has 1 saturated carbocycles. The molecule has 2 aliphatic rings. The topological polar surface area (TPSA) is 111 Å². The Hall–Kier alpha value is -3.75. The third-order valence-corrected chi connectivity index (χ3v) is 7.70. The first-order chi connectivity index (χ1) is 18.0. The maximum Gasteiger partial charge on any atom is 0.308 e. The van der Waals surface area contributed by atoms with Crippen molar-refractivity contribution in [2.45, 2.75) is 65.0 Å². The van der Waals surface area contributed by atoms with Crippen molar-refractivity contribution in [2.75, 3.05) is 6.67 Å². The highest BCUT2D eigenvalue weighted by molar-refractivity contribution is 5.78. The molecule has 37 heavy (non-hydrogen) atoms. The molecule has 3 heterocycles. The molecular formula is C28H35N7O2. The van der Waals surface area contributed by atoms with E-state index in [9.17, 15) is 9.90 Å². The summed E-state index contributed by atoms with van der Waals surface area (Å²) >= 11 is 0. The minimum Gasteiger partial charge on any atom is -0.481 e. The van der Waals surface area contributed by atoms with Crippen LogP contribution in [-0.4, -0.2) is 59.2 Å². The van der Waals surface area contributed by atoms with E-state index in [2.05, 4.69) is 56.5 Å². The van der Waals surface area contributed by atoms with Gasteiger partial charge in [0.25, 0.3) is 0 Å². The first-order valence-corrected chi connectivity index (χ1v) is 13.3. The molecule has 0 spiro atoms. The molecular weight excluding hydrogens is 466 g/mol. The highest BCUT2D eigenvalue weighted by Crippen LogP contribution is 2.37. The molecule has 1 aliphatic carbocycles. The smallest absolute Gasteiger partial charge is 0.308 e. The number of unbranched alkanes of at least 4 members (excludes halogenated alkanes) is 1. The van der Waals surface area contributed by atoms with Gasteiger partial charge in [-0.1, -0.05) is 57.0 Å². The number of carboxylic acid groups (broad SMARTS) is 1. The second kappa shape index (κ2) is 11.1. The van der Waals surface area contributed by atoms with E-state index in [1.54, 1.807) is 0 Å². The van der Waals surface area contributed by atoms with Crippen LogP contribution < -0.4 is 0 Å². The summed E-state index contributed by atoms with van der Waals surface area (Å²) in [5.41, 5.74) is 5.10. The van der Waals surface area contributed by atoms with E-state index in [1.165, 1.54) is 5.70 Å². The molecule has 5 rings (SSSR count). The normalized spacial score (nSPS) is 21.8. The first kappa shape index (κ1) is 24.9. The maximum atomic E-state index is 12.1. The summed E-state index contributed by atoms with van der Waals surface area (Å²) in [5, 5.41) is 24.4. The van der Waals surface area contributed by atoms with Crippen LogP contribution in [0.5, 0.6) is 0 Å². The van der Waals surface area contributed by atoms with Gasteiger partial charge in [-0.25, -0.2) is 0 Å². The molecule has 9 heteroatoms. The summed E-state index contributed by atoms with van der Waals surface area (Å²) in [4.78, 5) is 21.5. The Morgan fingerprint density at radius 2 is 2.00 bits per heavy atom. The highest BCUT2D eigenvalue weighted by atomic mass is 16.4. The lowest BCUT2D eigenvalue weighted by Gasteiger charge is -2.40. The number of aromatic amines is 1. The van der Waals surface area contributed by atoms with Gasteiger partial charge in [0.15, 0.2) is 0 Å². The Labute approximate surface area is 217 Å². The Kier molecular flexibility index (Phi) is 7.48. The quantitative estimate of drug-likeness (QED) is 0.425. The summed E-state index contributed by atoms with van der Waals surface area (Å²) < 4.78 is 0. The van der Waals surface area contributed by atoms with Crippen LogP contribution in [0.15, 0.2) is 54.5 Å². The summed E-state index contributed by atoms with van der Waals surface area (Å²) in [6, 6.07) is 12.1. The minimum atomic E-state index is -0.667. The van der Waals surface area contributed by atoms with Crippen LogP contribution in [0.4, 0.5) is 0 Å². The number of tetrazole rings is 1. The fourth-order valence-corrected chi connectivity index (χ4v) is 5.81. The second-order valence-electron chi connectivity index (χ2n) is 10.3. The van der Waals surface area contributed by atoms with Gasteiger partial charge in [-0.15, -0.1) is 10.2 Å². The molecule has 1 fully saturated rings. The highest BCUT2D eigenvalue weighted by Gasteiger charge is 2.40. The van der Waals surface area contributed by atoms with Gasteiger partial charge in [0.05, 0.1) is 18.3 Å². The molecule has 2 N–H and O–H groups in total. The predicted octanol–water partition coefficient (Wildman–Crippen LogP) is 4.92. The van der Waals surface area contributed by atoms with E-state index in [0.29, 0.717) is 11.7 Å². The number of hydrogen-bond acceptors (Lipinski definition) is 7. The lowest BCUT2D eigenvalue weighted by Crippen LogP contribution is -2.48. The van der Waals surface area contributed by atoms with Gasteiger partial charge >= 0.3 is 5.97 Å². The molecule has 0 amide bonds. The number of carboxylic acids is 1. The van der Waals surface area contributed by atoms with E-state index >= 15 is 0 Å². The second-order valence-corrected chi connectivity index (χ2v) is 10.3. The molecule has 3 unspecified atom stereocenters. The van der Waals surface area contributed by atoms with E-state index in [0.717, 1.165) is 74.1 Å². The average Bonchev–Trinajstić information content (AvgIpc) is 3.58. The number of allylic oxidation sites excluding steroid dienone is 1. The van der Waals surface area contributed by atoms with E-state index in [4.69, 9.17) is 4.98 Å². The third kappa shape index (κ3) is 5.35. The van der Waals surface area contributed by atoms with Gasteiger partial charge in [0.1, 0.15) is 0 Å². The molecule has 0 saturated heterocycles. The molecule has 1 aliphatic heterocycles. The fraction of sp³-hybridized carbons (Fsp3) is 0.464. The van der Waals surface area contributed by atoms with Crippen LogP contribution in [0.3, 0.4) is 0 Å². The molecule has 2 aromatic heterocycles. The number of carbonyl (C=O) groups is 1. The number of aromatic nitrogens is 5. The monoisotopic (exact) mass is 501 g/mol. The van der Waals surface area contributed by atoms with Crippen LogP contribution in [0.1, 0.15) is 57.9 Å². The van der Waals surface area contributed by atoms with Crippen molar-refractivity contribution in [3.8, 4) is 22.6 Å². The minimum absolute atomic E-state index is 0.0371. The Morgan fingerprint density at radius 1 is 1.16 bits per heavy atom. The van der Waals surface area contributed by atoms with Crippen molar-refractivity contribution in [1.82, 2.24) is 35.4 Å². The van der Waals surface area contributed by atoms with E-state index < -0.39 is 5.97 Å². The van der Waals surface area contributed by atoms with Gasteiger partial charge in [-0.3, -0.25) is 9.78 Å². The summed E-state index contributed by atoms with van der Waals surface area (Å²) in [5.74, 6) is -0.0772. The van der Waals surface area contributed by atoms with Gasteiger partial charge < -0.3 is 14.9 Å². The molecule has 194 valence electrons. The summed E-state index contributed by atoms with van der Waals surface area (Å²) in [7, 11) is 0. The van der Waals surface area contributed by atoms with Crippen LogP contribution in [-0.2, 0) is 11.3 Å². The Balaban J connectivity index is 1.34. The van der Waals surface area contributed by atoms with Crippen molar-refractivity contribution < 1.29 is 9.90 Å². The fourth-order valence-electron chi connectivity index (χ4n) is 5.81. The van der Waals surface area contributed by atoms with Gasteiger partial charge in [-0.2, -0.15) is 5.21 Å². The largest absolute Gasteiger partial charge is 0.481 e. The van der Waals surface area contributed by atoms with Crippen molar-refractivity contribution >= 4 is 5.97 Å². The van der Waals surface area contributed by atoms with Crippen LogP contribution >= 0.6 is 0 Å². The molecule has 0 radical (unpaired) electrons. The van der Waals surface area contributed by atoms with E-state index in [-0.39, 0.29) is 12.0 Å². The van der Waals surface area contributed by atoms with Gasteiger partial charge in [0, 0.05) is 41.8 Å². The summed E-state index contributed by atoms with van der Waals surface area (Å²) in [6.45, 7) is 5.87. The lowest BCUT2D eigenvalue weighted by molar-refractivity contribution is -0.146. The Morgan fingerprint density at radius 3 is 2.70 bits per heavy atom. The number of rotatable bonds is 9. The van der Waals surface area contributed by atoms with Crippen molar-refractivity contribution in [3.05, 3.63) is 60.1 Å². The number of aliphatic carboxylic acids is 1. The predicted molar refractivity (Wildman–Crippen MR) is 141 cm³/mol. The lowest BCUT2D eigenvalue weighted by atomic mass is 9.77. The van der Waals surface area contributed by atoms with Gasteiger partial charge in [-0.05, 0) is 48.4 Å².